The summed E-state index contributed by atoms with van der Waals surface area (Å²) in [4.78, 5) is 11.6. The maximum Gasteiger partial charge on any atom is 0.326 e. The normalized spacial score (nSPS) is 20.2. The molecule has 1 atom stereocenters. The number of hydrogen-bond donors (Lipinski definition) is 0. The Labute approximate surface area is 122 Å². The van der Waals surface area contributed by atoms with Gasteiger partial charge in [-0.25, -0.2) is 12.8 Å². The molecule has 21 heavy (non-hydrogen) atoms. The van der Waals surface area contributed by atoms with Gasteiger partial charge in [-0.05, 0) is 24.6 Å². The fourth-order valence-corrected chi connectivity index (χ4v) is 3.96. The zero-order chi connectivity index (χ0) is 15.6. The molecule has 0 amide bonds. The van der Waals surface area contributed by atoms with Gasteiger partial charge in [-0.2, -0.15) is 4.31 Å². The topological polar surface area (TPSA) is 72.9 Å². The molecule has 2 rings (SSSR count). The molecule has 8 heteroatoms. The number of hydrogen-bond acceptors (Lipinski definition) is 5. The Hall–Kier alpha value is -1.51. The summed E-state index contributed by atoms with van der Waals surface area (Å²) in [7, 11) is -2.83. The van der Waals surface area contributed by atoms with Crippen LogP contribution in [-0.4, -0.2) is 51.6 Å². The van der Waals surface area contributed by atoms with Crippen molar-refractivity contribution < 1.29 is 27.1 Å². The quantitative estimate of drug-likeness (QED) is 0.767. The van der Waals surface area contributed by atoms with Gasteiger partial charge in [0.2, 0.25) is 10.0 Å². The van der Waals surface area contributed by atoms with Gasteiger partial charge in [0, 0.05) is 6.54 Å². The first-order valence-corrected chi connectivity index (χ1v) is 7.75. The highest BCUT2D eigenvalue weighted by Crippen LogP contribution is 2.24. The Morgan fingerprint density at radius 1 is 1.48 bits per heavy atom. The van der Waals surface area contributed by atoms with E-state index in [0.717, 1.165) is 10.4 Å². The zero-order valence-electron chi connectivity index (χ0n) is 11.7. The van der Waals surface area contributed by atoms with Crippen molar-refractivity contribution in [3.63, 3.8) is 0 Å². The molecule has 0 spiro atoms. The summed E-state index contributed by atoms with van der Waals surface area (Å²) in [5, 5.41) is 0. The number of rotatable bonds is 3. The third-order valence-electron chi connectivity index (χ3n) is 3.29. The van der Waals surface area contributed by atoms with E-state index in [-0.39, 0.29) is 24.7 Å². The van der Waals surface area contributed by atoms with Gasteiger partial charge in [-0.3, -0.25) is 4.79 Å². The predicted octanol–water partition coefficient (Wildman–Crippen LogP) is 0.697. The van der Waals surface area contributed by atoms with Gasteiger partial charge in [0.25, 0.3) is 0 Å². The smallest absolute Gasteiger partial charge is 0.326 e. The fourth-order valence-electron chi connectivity index (χ4n) is 2.18. The standard InChI is InChI=1S/C13H16FNO5S/c1-9-3-4-10(14)7-12(9)21(17,18)15-5-6-20-8-11(15)13(16)19-2/h3-4,7,11H,5-6,8H2,1-2H3. The number of esters is 1. The minimum atomic E-state index is -4.01. The monoisotopic (exact) mass is 317 g/mol. The van der Waals surface area contributed by atoms with Gasteiger partial charge in [-0.1, -0.05) is 6.07 Å². The summed E-state index contributed by atoms with van der Waals surface area (Å²) in [6, 6.07) is 2.46. The third-order valence-corrected chi connectivity index (χ3v) is 5.34. The molecule has 0 N–H and O–H groups in total. The van der Waals surface area contributed by atoms with E-state index in [0.29, 0.717) is 5.56 Å². The molecule has 0 saturated carbocycles. The Morgan fingerprint density at radius 2 is 2.19 bits per heavy atom. The number of carbonyl (C=O) groups excluding carboxylic acids is 1. The highest BCUT2D eigenvalue weighted by atomic mass is 32.2. The van der Waals surface area contributed by atoms with E-state index in [1.54, 1.807) is 6.92 Å². The van der Waals surface area contributed by atoms with Crippen molar-refractivity contribution in [3.05, 3.63) is 29.6 Å². The van der Waals surface area contributed by atoms with Crippen molar-refractivity contribution in [1.82, 2.24) is 4.31 Å². The van der Waals surface area contributed by atoms with Gasteiger partial charge < -0.3 is 9.47 Å². The van der Waals surface area contributed by atoms with Crippen LogP contribution in [0.25, 0.3) is 0 Å². The molecule has 1 aromatic carbocycles. The summed E-state index contributed by atoms with van der Waals surface area (Å²) in [6.45, 7) is 1.67. The Balaban J connectivity index is 2.45. The lowest BCUT2D eigenvalue weighted by atomic mass is 10.2. The highest BCUT2D eigenvalue weighted by molar-refractivity contribution is 7.89. The molecule has 0 aromatic heterocycles. The lowest BCUT2D eigenvalue weighted by molar-refractivity contribution is -0.149. The first-order valence-electron chi connectivity index (χ1n) is 6.31. The van der Waals surface area contributed by atoms with Crippen LogP contribution in [0.5, 0.6) is 0 Å². The van der Waals surface area contributed by atoms with Crippen LogP contribution in [0.4, 0.5) is 4.39 Å². The van der Waals surface area contributed by atoms with Crippen molar-refractivity contribution in [2.75, 3.05) is 26.9 Å². The molecule has 1 fully saturated rings. The van der Waals surface area contributed by atoms with Crippen molar-refractivity contribution in [2.45, 2.75) is 17.9 Å². The maximum absolute atomic E-state index is 13.4. The molecular weight excluding hydrogens is 301 g/mol. The fraction of sp³-hybridized carbons (Fsp3) is 0.462. The van der Waals surface area contributed by atoms with Crippen LogP contribution < -0.4 is 0 Å². The first-order chi connectivity index (χ1) is 9.87. The Morgan fingerprint density at radius 3 is 2.86 bits per heavy atom. The van der Waals surface area contributed by atoms with Crippen LogP contribution in [0.1, 0.15) is 5.56 Å². The van der Waals surface area contributed by atoms with E-state index in [1.807, 2.05) is 0 Å². The molecule has 1 saturated heterocycles. The molecule has 1 aliphatic heterocycles. The summed E-state index contributed by atoms with van der Waals surface area (Å²) in [6.07, 6.45) is 0. The average Bonchev–Trinajstić information content (AvgIpc) is 2.48. The van der Waals surface area contributed by atoms with E-state index in [9.17, 15) is 17.6 Å². The number of carbonyl (C=O) groups is 1. The van der Waals surface area contributed by atoms with E-state index in [4.69, 9.17) is 4.74 Å². The molecule has 1 unspecified atom stereocenters. The number of nitrogens with zero attached hydrogens (tertiary/aromatic N) is 1. The maximum atomic E-state index is 13.4. The minimum Gasteiger partial charge on any atom is -0.468 e. The number of methoxy groups -OCH3 is 1. The van der Waals surface area contributed by atoms with Crippen molar-refractivity contribution >= 4 is 16.0 Å². The van der Waals surface area contributed by atoms with E-state index in [2.05, 4.69) is 4.74 Å². The summed E-state index contributed by atoms with van der Waals surface area (Å²) < 4.78 is 49.5. The lowest BCUT2D eigenvalue weighted by Crippen LogP contribution is -2.52. The second-order valence-electron chi connectivity index (χ2n) is 4.64. The van der Waals surface area contributed by atoms with Crippen LogP contribution in [0.15, 0.2) is 23.1 Å². The van der Waals surface area contributed by atoms with E-state index < -0.39 is 27.9 Å². The summed E-state index contributed by atoms with van der Waals surface area (Å²) >= 11 is 0. The second-order valence-corrected chi connectivity index (χ2v) is 6.50. The number of halogens is 1. The van der Waals surface area contributed by atoms with Crippen LogP contribution in [0.2, 0.25) is 0 Å². The largest absolute Gasteiger partial charge is 0.468 e. The number of ether oxygens (including phenoxy) is 2. The van der Waals surface area contributed by atoms with Crippen LogP contribution in [0.3, 0.4) is 0 Å². The predicted molar refractivity (Wildman–Crippen MR) is 71.7 cm³/mol. The first kappa shape index (κ1) is 15.9. The van der Waals surface area contributed by atoms with Crippen LogP contribution in [-0.2, 0) is 24.3 Å². The van der Waals surface area contributed by atoms with E-state index in [1.165, 1.54) is 19.2 Å². The highest BCUT2D eigenvalue weighted by Gasteiger charge is 2.39. The van der Waals surface area contributed by atoms with Crippen LogP contribution in [0, 0.1) is 12.7 Å². The number of sulfonamides is 1. The van der Waals surface area contributed by atoms with Gasteiger partial charge in [0.05, 0.1) is 25.2 Å². The minimum absolute atomic E-state index is 0.0120. The average molecular weight is 317 g/mol. The van der Waals surface area contributed by atoms with Crippen molar-refractivity contribution in [3.8, 4) is 0 Å². The SMILES string of the molecule is COC(=O)C1COCCN1S(=O)(=O)c1cc(F)ccc1C. The molecule has 1 aromatic rings. The molecule has 0 bridgehead atoms. The molecule has 116 valence electrons. The number of morpholine rings is 1. The van der Waals surface area contributed by atoms with E-state index >= 15 is 0 Å². The Bertz CT molecular complexity index is 646. The summed E-state index contributed by atoms with van der Waals surface area (Å²) in [5.41, 5.74) is 0.409. The van der Waals surface area contributed by atoms with Gasteiger partial charge in [0.1, 0.15) is 11.9 Å². The molecular formula is C13H16FNO5S. The Kier molecular flexibility index (Phi) is 4.60. The zero-order valence-corrected chi connectivity index (χ0v) is 12.5. The van der Waals surface area contributed by atoms with Crippen molar-refractivity contribution in [1.29, 1.82) is 0 Å². The summed E-state index contributed by atoms with van der Waals surface area (Å²) in [5.74, 6) is -1.35. The third kappa shape index (κ3) is 3.07. The van der Waals surface area contributed by atoms with Crippen molar-refractivity contribution in [2.24, 2.45) is 0 Å². The number of aryl methyl sites for hydroxylation is 1. The van der Waals surface area contributed by atoms with Gasteiger partial charge in [-0.15, -0.1) is 0 Å². The molecule has 0 radical (unpaired) electrons. The molecule has 0 aliphatic carbocycles. The second kappa shape index (κ2) is 6.08. The molecule has 1 aliphatic rings. The molecule has 1 heterocycles. The lowest BCUT2D eigenvalue weighted by Gasteiger charge is -2.32. The van der Waals surface area contributed by atoms with Gasteiger partial charge >= 0.3 is 5.97 Å². The number of benzene rings is 1. The van der Waals surface area contributed by atoms with Crippen LogP contribution >= 0.6 is 0 Å². The molecule has 6 nitrogen and oxygen atoms in total. The van der Waals surface area contributed by atoms with Gasteiger partial charge in [0.15, 0.2) is 0 Å².